The van der Waals surface area contributed by atoms with Crippen LogP contribution in [0.2, 0.25) is 0 Å². The van der Waals surface area contributed by atoms with Gasteiger partial charge in [-0.05, 0) is 0 Å². The summed E-state index contributed by atoms with van der Waals surface area (Å²) in [6.45, 7) is 3.83. The van der Waals surface area contributed by atoms with Crippen LogP contribution in [0.5, 0.6) is 0 Å². The van der Waals surface area contributed by atoms with E-state index in [9.17, 15) is 4.79 Å². The van der Waals surface area contributed by atoms with Crippen LogP contribution in [-0.2, 0) is 4.79 Å². The molecular weight excluding hydrogens is 144 g/mol. The summed E-state index contributed by atoms with van der Waals surface area (Å²) < 4.78 is 0. The van der Waals surface area contributed by atoms with E-state index in [0.717, 1.165) is 6.54 Å². The highest BCUT2D eigenvalue weighted by Crippen LogP contribution is 2.01. The quantitative estimate of drug-likeness (QED) is 0.504. The number of nitrogens with zero attached hydrogens (tertiary/aromatic N) is 1. The molecule has 1 aliphatic rings. The summed E-state index contributed by atoms with van der Waals surface area (Å²) in [5.74, 6) is 0.0468. The summed E-state index contributed by atoms with van der Waals surface area (Å²) in [7, 11) is 0. The number of carbonyl (C=O) groups excluding carboxylic acids is 1. The molecule has 0 aliphatic carbocycles. The van der Waals surface area contributed by atoms with Crippen LogP contribution in [0.15, 0.2) is 0 Å². The minimum absolute atomic E-state index is 0.0266. The summed E-state index contributed by atoms with van der Waals surface area (Å²) in [5.41, 5.74) is 0. The number of hydrogen-bond donors (Lipinski definition) is 2. The predicted molar refractivity (Wildman–Crippen MR) is 41.1 cm³/mol. The van der Waals surface area contributed by atoms with Crippen LogP contribution >= 0.6 is 0 Å². The van der Waals surface area contributed by atoms with E-state index in [1.54, 1.807) is 4.90 Å². The van der Waals surface area contributed by atoms with Crippen LogP contribution in [0.1, 0.15) is 6.92 Å². The number of aliphatic hydroxyl groups excluding tert-OH is 1. The third kappa shape index (κ3) is 1.91. The number of aliphatic hydroxyl groups is 1. The first kappa shape index (κ1) is 8.49. The van der Waals surface area contributed by atoms with Gasteiger partial charge in [-0.25, -0.2) is 0 Å². The van der Waals surface area contributed by atoms with Crippen molar-refractivity contribution >= 4 is 5.91 Å². The molecular formula is C7H14N2O2. The fourth-order valence-electron chi connectivity index (χ4n) is 1.34. The minimum Gasteiger partial charge on any atom is -0.394 e. The molecule has 1 aliphatic heterocycles. The van der Waals surface area contributed by atoms with Crippen LogP contribution in [0.25, 0.3) is 0 Å². The number of hydrogen-bond acceptors (Lipinski definition) is 3. The molecule has 0 spiro atoms. The van der Waals surface area contributed by atoms with Crippen LogP contribution in [0.3, 0.4) is 0 Å². The highest BCUT2D eigenvalue weighted by molar-refractivity contribution is 5.73. The van der Waals surface area contributed by atoms with Crippen molar-refractivity contribution in [1.29, 1.82) is 0 Å². The zero-order chi connectivity index (χ0) is 8.27. The molecule has 0 radical (unpaired) electrons. The predicted octanol–water partition coefficient (Wildman–Crippen LogP) is -1.20. The van der Waals surface area contributed by atoms with E-state index >= 15 is 0 Å². The molecule has 2 N–H and O–H groups in total. The monoisotopic (exact) mass is 158 g/mol. The van der Waals surface area contributed by atoms with E-state index in [2.05, 4.69) is 5.32 Å². The summed E-state index contributed by atoms with van der Waals surface area (Å²) in [6, 6.07) is -0.0266. The Balaban J connectivity index is 2.51. The lowest BCUT2D eigenvalue weighted by molar-refractivity contribution is -0.132. The molecule has 4 heteroatoms. The van der Waals surface area contributed by atoms with Crippen LogP contribution in [0, 0.1) is 0 Å². The second-order valence-corrected chi connectivity index (χ2v) is 2.75. The molecule has 0 saturated carbocycles. The van der Waals surface area contributed by atoms with Gasteiger partial charge < -0.3 is 15.3 Å². The van der Waals surface area contributed by atoms with Crippen molar-refractivity contribution in [2.75, 3.05) is 26.2 Å². The van der Waals surface area contributed by atoms with Gasteiger partial charge in [-0.1, -0.05) is 0 Å². The highest BCUT2D eigenvalue weighted by atomic mass is 16.3. The van der Waals surface area contributed by atoms with Gasteiger partial charge in [-0.15, -0.1) is 0 Å². The molecule has 11 heavy (non-hydrogen) atoms. The van der Waals surface area contributed by atoms with E-state index in [1.165, 1.54) is 6.92 Å². The number of nitrogens with one attached hydrogen (secondary N) is 1. The topological polar surface area (TPSA) is 52.6 Å². The Bertz CT molecular complexity index is 149. The van der Waals surface area contributed by atoms with Crippen molar-refractivity contribution in [3.63, 3.8) is 0 Å². The maximum absolute atomic E-state index is 11.0. The van der Waals surface area contributed by atoms with Gasteiger partial charge in [0.05, 0.1) is 12.6 Å². The third-order valence-electron chi connectivity index (χ3n) is 1.97. The Labute approximate surface area is 66.2 Å². The molecule has 0 aromatic heterocycles. The highest BCUT2D eigenvalue weighted by Gasteiger charge is 2.22. The van der Waals surface area contributed by atoms with E-state index in [0.29, 0.717) is 13.1 Å². The summed E-state index contributed by atoms with van der Waals surface area (Å²) >= 11 is 0. The second-order valence-electron chi connectivity index (χ2n) is 2.75. The molecule has 1 rings (SSSR count). The lowest BCUT2D eigenvalue weighted by Crippen LogP contribution is -2.54. The summed E-state index contributed by atoms with van der Waals surface area (Å²) in [4.78, 5) is 12.7. The molecule has 0 aromatic carbocycles. The fourth-order valence-corrected chi connectivity index (χ4v) is 1.34. The molecule has 1 amide bonds. The largest absolute Gasteiger partial charge is 0.394 e. The van der Waals surface area contributed by atoms with Crippen LogP contribution < -0.4 is 5.32 Å². The lowest BCUT2D eigenvalue weighted by Gasteiger charge is -2.34. The maximum Gasteiger partial charge on any atom is 0.219 e. The number of piperazine rings is 1. The molecule has 4 nitrogen and oxygen atoms in total. The first-order chi connectivity index (χ1) is 5.25. The van der Waals surface area contributed by atoms with Gasteiger partial charge in [0.2, 0.25) is 5.91 Å². The molecule has 0 unspecified atom stereocenters. The third-order valence-corrected chi connectivity index (χ3v) is 1.97. The van der Waals surface area contributed by atoms with Gasteiger partial charge in [-0.3, -0.25) is 4.79 Å². The van der Waals surface area contributed by atoms with Gasteiger partial charge in [-0.2, -0.15) is 0 Å². The zero-order valence-electron chi connectivity index (χ0n) is 6.71. The summed E-state index contributed by atoms with van der Waals surface area (Å²) in [6.07, 6.45) is 0. The average molecular weight is 158 g/mol. The molecule has 0 aromatic rings. The lowest BCUT2D eigenvalue weighted by atomic mass is 10.2. The van der Waals surface area contributed by atoms with Crippen molar-refractivity contribution in [2.45, 2.75) is 13.0 Å². The van der Waals surface area contributed by atoms with Gasteiger partial charge in [0.15, 0.2) is 0 Å². The number of amides is 1. The number of carbonyl (C=O) groups is 1. The summed E-state index contributed by atoms with van der Waals surface area (Å²) in [5, 5.41) is 12.0. The Morgan fingerprint density at radius 3 is 3.00 bits per heavy atom. The molecule has 1 atom stereocenters. The Hall–Kier alpha value is -0.610. The van der Waals surface area contributed by atoms with Crippen LogP contribution in [-0.4, -0.2) is 48.2 Å². The fraction of sp³-hybridized carbons (Fsp3) is 0.857. The first-order valence-electron chi connectivity index (χ1n) is 3.84. The number of rotatable bonds is 1. The van der Waals surface area contributed by atoms with E-state index in [-0.39, 0.29) is 18.6 Å². The SMILES string of the molecule is CC(=O)N1CCNC[C@H]1CO. The van der Waals surface area contributed by atoms with Gasteiger partial charge in [0, 0.05) is 26.6 Å². The standard InChI is InChI=1S/C7H14N2O2/c1-6(11)9-3-2-8-4-7(9)5-10/h7-8,10H,2-5H2,1H3/t7-/m0/s1. The van der Waals surface area contributed by atoms with Crippen molar-refractivity contribution in [1.82, 2.24) is 10.2 Å². The maximum atomic E-state index is 11.0. The van der Waals surface area contributed by atoms with Crippen molar-refractivity contribution in [3.05, 3.63) is 0 Å². The van der Waals surface area contributed by atoms with Crippen molar-refractivity contribution in [2.24, 2.45) is 0 Å². The van der Waals surface area contributed by atoms with Crippen molar-refractivity contribution < 1.29 is 9.90 Å². The van der Waals surface area contributed by atoms with E-state index in [1.807, 2.05) is 0 Å². The first-order valence-corrected chi connectivity index (χ1v) is 3.84. The molecule has 1 saturated heterocycles. The zero-order valence-corrected chi connectivity index (χ0v) is 6.71. The Kier molecular flexibility index (Phi) is 2.84. The Morgan fingerprint density at radius 1 is 1.82 bits per heavy atom. The van der Waals surface area contributed by atoms with E-state index in [4.69, 9.17) is 5.11 Å². The molecule has 1 fully saturated rings. The van der Waals surface area contributed by atoms with Gasteiger partial charge >= 0.3 is 0 Å². The average Bonchev–Trinajstić information content (AvgIpc) is 2.04. The van der Waals surface area contributed by atoms with Crippen molar-refractivity contribution in [3.8, 4) is 0 Å². The Morgan fingerprint density at radius 2 is 2.55 bits per heavy atom. The van der Waals surface area contributed by atoms with Crippen LogP contribution in [0.4, 0.5) is 0 Å². The van der Waals surface area contributed by atoms with Gasteiger partial charge in [0.25, 0.3) is 0 Å². The molecule has 1 heterocycles. The second kappa shape index (κ2) is 3.69. The smallest absolute Gasteiger partial charge is 0.219 e. The van der Waals surface area contributed by atoms with Gasteiger partial charge in [0.1, 0.15) is 0 Å². The normalized spacial score (nSPS) is 25.3. The molecule has 0 bridgehead atoms. The molecule has 64 valence electrons. The minimum atomic E-state index is -0.0266. The van der Waals surface area contributed by atoms with E-state index < -0.39 is 0 Å².